The standard InChI is InChI=1S/C19H20N2O3S/c1-24-17-9-7-16(8-10-17)21(11-15-5-3-2-4-6-15)18(22)12-20-14-25-13-19(20)23/h2-10H,11-14H2,1H3. The first-order chi connectivity index (χ1) is 12.2. The molecule has 2 aromatic carbocycles. The van der Waals surface area contributed by atoms with E-state index in [9.17, 15) is 9.59 Å². The van der Waals surface area contributed by atoms with Gasteiger partial charge in [0.25, 0.3) is 0 Å². The zero-order valence-electron chi connectivity index (χ0n) is 14.1. The molecule has 0 saturated carbocycles. The number of carbonyl (C=O) groups excluding carboxylic acids is 2. The van der Waals surface area contributed by atoms with Gasteiger partial charge in [-0.05, 0) is 29.8 Å². The third-order valence-electron chi connectivity index (χ3n) is 4.02. The molecule has 0 bridgehead atoms. The lowest BCUT2D eigenvalue weighted by Crippen LogP contribution is -2.41. The Morgan fingerprint density at radius 2 is 1.88 bits per heavy atom. The summed E-state index contributed by atoms with van der Waals surface area (Å²) in [6.07, 6.45) is 0. The van der Waals surface area contributed by atoms with Gasteiger partial charge in [-0.3, -0.25) is 9.59 Å². The van der Waals surface area contributed by atoms with E-state index in [0.29, 0.717) is 18.2 Å². The molecule has 0 unspecified atom stereocenters. The van der Waals surface area contributed by atoms with Crippen LogP contribution in [-0.2, 0) is 16.1 Å². The van der Waals surface area contributed by atoms with Gasteiger partial charge in [0.05, 0.1) is 25.3 Å². The van der Waals surface area contributed by atoms with E-state index in [-0.39, 0.29) is 18.4 Å². The molecule has 130 valence electrons. The maximum absolute atomic E-state index is 12.9. The fraction of sp³-hybridized carbons (Fsp3) is 0.263. The molecule has 6 heteroatoms. The van der Waals surface area contributed by atoms with Gasteiger partial charge >= 0.3 is 0 Å². The fourth-order valence-electron chi connectivity index (χ4n) is 2.64. The average Bonchev–Trinajstić information content (AvgIpc) is 3.05. The quantitative estimate of drug-likeness (QED) is 0.799. The number of carbonyl (C=O) groups is 2. The highest BCUT2D eigenvalue weighted by Gasteiger charge is 2.26. The zero-order valence-corrected chi connectivity index (χ0v) is 14.9. The Balaban J connectivity index is 1.82. The van der Waals surface area contributed by atoms with Gasteiger partial charge in [-0.15, -0.1) is 11.8 Å². The molecule has 25 heavy (non-hydrogen) atoms. The SMILES string of the molecule is COc1ccc(N(Cc2ccccc2)C(=O)CN2CSCC2=O)cc1. The summed E-state index contributed by atoms with van der Waals surface area (Å²) in [5.74, 6) is 1.69. The number of anilines is 1. The van der Waals surface area contributed by atoms with Crippen molar-refractivity contribution in [3.63, 3.8) is 0 Å². The summed E-state index contributed by atoms with van der Waals surface area (Å²) >= 11 is 1.54. The van der Waals surface area contributed by atoms with Gasteiger partial charge in [0.15, 0.2) is 0 Å². The molecule has 0 atom stereocenters. The fourth-order valence-corrected chi connectivity index (χ4v) is 3.54. The maximum Gasteiger partial charge on any atom is 0.246 e. The number of hydrogen-bond donors (Lipinski definition) is 0. The highest BCUT2D eigenvalue weighted by atomic mass is 32.2. The Hall–Kier alpha value is -2.47. The number of hydrogen-bond acceptors (Lipinski definition) is 4. The lowest BCUT2D eigenvalue weighted by molar-refractivity contribution is -0.131. The summed E-state index contributed by atoms with van der Waals surface area (Å²) in [6, 6.07) is 17.2. The Labute approximate surface area is 151 Å². The van der Waals surface area contributed by atoms with Crippen molar-refractivity contribution in [2.24, 2.45) is 0 Å². The molecule has 1 heterocycles. The van der Waals surface area contributed by atoms with Gasteiger partial charge < -0.3 is 14.5 Å². The zero-order chi connectivity index (χ0) is 17.6. The topological polar surface area (TPSA) is 49.9 Å². The Bertz CT molecular complexity index is 734. The lowest BCUT2D eigenvalue weighted by Gasteiger charge is -2.25. The summed E-state index contributed by atoms with van der Waals surface area (Å²) in [6.45, 7) is 0.561. The summed E-state index contributed by atoms with van der Waals surface area (Å²) < 4.78 is 5.19. The normalized spacial score (nSPS) is 13.8. The van der Waals surface area contributed by atoms with Crippen LogP contribution in [0.5, 0.6) is 5.75 Å². The number of ether oxygens (including phenoxy) is 1. The third-order valence-corrected chi connectivity index (χ3v) is 4.97. The van der Waals surface area contributed by atoms with Crippen molar-refractivity contribution >= 4 is 29.3 Å². The molecule has 0 aromatic heterocycles. The van der Waals surface area contributed by atoms with E-state index < -0.39 is 0 Å². The Morgan fingerprint density at radius 3 is 2.48 bits per heavy atom. The summed E-state index contributed by atoms with van der Waals surface area (Å²) in [7, 11) is 1.61. The van der Waals surface area contributed by atoms with Gasteiger partial charge in [0, 0.05) is 5.69 Å². The van der Waals surface area contributed by atoms with Crippen molar-refractivity contribution in [1.82, 2.24) is 4.90 Å². The molecule has 1 saturated heterocycles. The molecular formula is C19H20N2O3S. The van der Waals surface area contributed by atoms with Gasteiger partial charge in [-0.25, -0.2) is 0 Å². The Kier molecular flexibility index (Phi) is 5.60. The van der Waals surface area contributed by atoms with Crippen LogP contribution in [0.2, 0.25) is 0 Å². The minimum absolute atomic E-state index is 0.0211. The molecule has 2 amide bonds. The van der Waals surface area contributed by atoms with Crippen molar-refractivity contribution in [2.75, 3.05) is 30.2 Å². The second kappa shape index (κ2) is 8.07. The predicted octanol–water partition coefficient (Wildman–Crippen LogP) is 2.76. The maximum atomic E-state index is 12.9. The molecule has 3 rings (SSSR count). The predicted molar refractivity (Wildman–Crippen MR) is 99.7 cm³/mol. The van der Waals surface area contributed by atoms with E-state index in [2.05, 4.69) is 0 Å². The van der Waals surface area contributed by atoms with Crippen LogP contribution in [0.4, 0.5) is 5.69 Å². The van der Waals surface area contributed by atoms with Crippen LogP contribution in [-0.4, -0.2) is 42.0 Å². The van der Waals surface area contributed by atoms with Crippen LogP contribution in [0.1, 0.15) is 5.56 Å². The van der Waals surface area contributed by atoms with E-state index in [1.807, 2.05) is 54.6 Å². The molecule has 1 aliphatic rings. The van der Waals surface area contributed by atoms with Crippen LogP contribution in [0, 0.1) is 0 Å². The summed E-state index contributed by atoms with van der Waals surface area (Å²) in [5, 5.41) is 0. The molecule has 0 spiro atoms. The van der Waals surface area contributed by atoms with Gasteiger partial charge in [0.1, 0.15) is 12.3 Å². The highest BCUT2D eigenvalue weighted by Crippen LogP contribution is 2.23. The minimum Gasteiger partial charge on any atom is -0.497 e. The van der Waals surface area contributed by atoms with E-state index in [1.54, 1.807) is 16.9 Å². The molecule has 1 fully saturated rings. The number of benzene rings is 2. The molecule has 0 N–H and O–H groups in total. The smallest absolute Gasteiger partial charge is 0.246 e. The molecular weight excluding hydrogens is 336 g/mol. The second-order valence-corrected chi connectivity index (χ2v) is 6.69. The van der Waals surface area contributed by atoms with Crippen molar-refractivity contribution < 1.29 is 14.3 Å². The van der Waals surface area contributed by atoms with Crippen molar-refractivity contribution in [1.29, 1.82) is 0 Å². The van der Waals surface area contributed by atoms with Crippen LogP contribution in [0.15, 0.2) is 54.6 Å². The van der Waals surface area contributed by atoms with Crippen molar-refractivity contribution in [2.45, 2.75) is 6.54 Å². The van der Waals surface area contributed by atoms with Gasteiger partial charge in [-0.2, -0.15) is 0 Å². The minimum atomic E-state index is -0.0927. The first-order valence-corrected chi connectivity index (χ1v) is 9.16. The number of rotatable bonds is 6. The first kappa shape index (κ1) is 17.4. The summed E-state index contributed by atoms with van der Waals surface area (Å²) in [5.41, 5.74) is 1.82. The first-order valence-electron chi connectivity index (χ1n) is 8.01. The third kappa shape index (κ3) is 4.33. The largest absolute Gasteiger partial charge is 0.497 e. The summed E-state index contributed by atoms with van der Waals surface area (Å²) in [4.78, 5) is 28.0. The second-order valence-electron chi connectivity index (χ2n) is 5.73. The van der Waals surface area contributed by atoms with Gasteiger partial charge in [0.2, 0.25) is 11.8 Å². The van der Waals surface area contributed by atoms with Crippen LogP contribution in [0.25, 0.3) is 0 Å². The van der Waals surface area contributed by atoms with Crippen LogP contribution >= 0.6 is 11.8 Å². The van der Waals surface area contributed by atoms with Gasteiger partial charge in [-0.1, -0.05) is 30.3 Å². The Morgan fingerprint density at radius 1 is 1.16 bits per heavy atom. The average molecular weight is 356 g/mol. The molecule has 1 aliphatic heterocycles. The highest BCUT2D eigenvalue weighted by molar-refractivity contribution is 8.00. The van der Waals surface area contributed by atoms with E-state index in [1.165, 1.54) is 11.8 Å². The number of methoxy groups -OCH3 is 1. The van der Waals surface area contributed by atoms with E-state index in [4.69, 9.17) is 4.74 Å². The van der Waals surface area contributed by atoms with Crippen molar-refractivity contribution in [3.8, 4) is 5.75 Å². The number of nitrogens with zero attached hydrogens (tertiary/aromatic N) is 2. The lowest BCUT2D eigenvalue weighted by atomic mass is 10.2. The van der Waals surface area contributed by atoms with E-state index >= 15 is 0 Å². The number of amides is 2. The molecule has 5 nitrogen and oxygen atoms in total. The van der Waals surface area contributed by atoms with Crippen LogP contribution in [0.3, 0.4) is 0 Å². The van der Waals surface area contributed by atoms with E-state index in [0.717, 1.165) is 17.0 Å². The van der Waals surface area contributed by atoms with Crippen molar-refractivity contribution in [3.05, 3.63) is 60.2 Å². The monoisotopic (exact) mass is 356 g/mol. The molecule has 0 aliphatic carbocycles. The number of thioether (sulfide) groups is 1. The van der Waals surface area contributed by atoms with Crippen LogP contribution < -0.4 is 9.64 Å². The molecule has 2 aromatic rings. The molecule has 0 radical (unpaired) electrons.